The molecule has 2 N–H and O–H groups in total. The molecule has 3 rings (SSSR count). The van der Waals surface area contributed by atoms with E-state index >= 15 is 0 Å². The van der Waals surface area contributed by atoms with Crippen LogP contribution in [-0.4, -0.2) is 66.4 Å². The second-order valence-electron chi connectivity index (χ2n) is 7.16. The molecule has 2 heterocycles. The number of nitrogens with two attached hydrogens (primary N) is 1. The number of benzene rings is 1. The van der Waals surface area contributed by atoms with Crippen LogP contribution in [0.2, 0.25) is 0 Å². The van der Waals surface area contributed by atoms with Crippen molar-refractivity contribution >= 4 is 17.5 Å². The predicted molar refractivity (Wildman–Crippen MR) is 109 cm³/mol. The molecule has 0 aliphatic carbocycles. The number of piperazine rings is 1. The molecule has 1 aliphatic heterocycles. The van der Waals surface area contributed by atoms with Gasteiger partial charge in [0.2, 0.25) is 0 Å². The van der Waals surface area contributed by atoms with E-state index in [0.29, 0.717) is 25.2 Å². The lowest BCUT2D eigenvalue weighted by Gasteiger charge is -2.36. The predicted octanol–water partition coefficient (Wildman–Crippen LogP) is 1.91. The molecule has 0 unspecified atom stereocenters. The number of urea groups is 1. The Labute approximate surface area is 165 Å². The topological polar surface area (TPSA) is 82.8 Å². The fourth-order valence-electron chi connectivity index (χ4n) is 3.13. The average Bonchev–Trinajstić information content (AvgIpc) is 2.73. The molecule has 1 fully saturated rings. The van der Waals surface area contributed by atoms with Crippen LogP contribution in [-0.2, 0) is 6.54 Å². The maximum atomic E-state index is 13.3. The van der Waals surface area contributed by atoms with Crippen LogP contribution in [0.15, 0.2) is 42.6 Å². The normalized spacial score (nSPS) is 14.8. The number of Topliss-reactive ketones (excluding diaryl/α,β-unsaturated/α-hetero) is 1. The van der Waals surface area contributed by atoms with Crippen molar-refractivity contribution in [2.24, 2.45) is 5.73 Å². The number of likely N-dealkylation sites (N-methyl/N-ethyl adjacent to an activating group) is 1. The summed E-state index contributed by atoms with van der Waals surface area (Å²) >= 11 is 0. The molecule has 0 saturated carbocycles. The number of ketones is 1. The lowest BCUT2D eigenvalue weighted by molar-refractivity contribution is 0.100. The summed E-state index contributed by atoms with van der Waals surface area (Å²) in [6, 6.07) is 11.4. The van der Waals surface area contributed by atoms with Crippen molar-refractivity contribution in [1.82, 2.24) is 14.8 Å². The highest BCUT2D eigenvalue weighted by Crippen LogP contribution is 2.20. The summed E-state index contributed by atoms with van der Waals surface area (Å²) in [7, 11) is 2.06. The average molecular weight is 381 g/mol. The van der Waals surface area contributed by atoms with Gasteiger partial charge in [0.1, 0.15) is 0 Å². The first kappa shape index (κ1) is 20.0. The Kier molecular flexibility index (Phi) is 6.38. The number of hydrogen-bond acceptors (Lipinski definition) is 5. The molecule has 0 radical (unpaired) electrons. The zero-order chi connectivity index (χ0) is 20.1. The molecule has 2 aromatic rings. The number of rotatable bonds is 5. The molecule has 0 atom stereocenters. The van der Waals surface area contributed by atoms with Gasteiger partial charge in [0, 0.05) is 43.6 Å². The van der Waals surface area contributed by atoms with Crippen LogP contribution < -0.4 is 10.6 Å². The molecule has 2 amide bonds. The number of anilines is 1. The summed E-state index contributed by atoms with van der Waals surface area (Å²) in [6.45, 7) is 5.45. The minimum absolute atomic E-state index is 0.0270. The first-order chi connectivity index (χ1) is 13.5. The minimum atomic E-state index is -0.150. The SMILES string of the molecule is Cc1ccc(N(Cc2ccc(C(=O)CN)cn2)C(=O)N2CCN(C)CC2)cc1. The third-order valence-electron chi connectivity index (χ3n) is 5.00. The van der Waals surface area contributed by atoms with E-state index in [1.165, 1.54) is 6.20 Å². The molecule has 148 valence electrons. The summed E-state index contributed by atoms with van der Waals surface area (Å²) in [5, 5.41) is 0. The van der Waals surface area contributed by atoms with Crippen LogP contribution in [0.25, 0.3) is 0 Å². The van der Waals surface area contributed by atoms with E-state index in [1.54, 1.807) is 17.0 Å². The third kappa shape index (κ3) is 4.74. The van der Waals surface area contributed by atoms with Crippen LogP contribution in [0, 0.1) is 6.92 Å². The Morgan fingerprint density at radius 1 is 1.07 bits per heavy atom. The Balaban J connectivity index is 1.82. The van der Waals surface area contributed by atoms with Crippen molar-refractivity contribution < 1.29 is 9.59 Å². The maximum absolute atomic E-state index is 13.3. The smallest absolute Gasteiger partial charge is 0.324 e. The zero-order valence-corrected chi connectivity index (χ0v) is 16.5. The largest absolute Gasteiger partial charge is 0.324 e. The van der Waals surface area contributed by atoms with Crippen molar-refractivity contribution in [3.63, 3.8) is 0 Å². The molecule has 1 aromatic carbocycles. The highest BCUT2D eigenvalue weighted by Gasteiger charge is 2.25. The Morgan fingerprint density at radius 2 is 1.75 bits per heavy atom. The van der Waals surface area contributed by atoms with Gasteiger partial charge in [0.05, 0.1) is 18.8 Å². The maximum Gasteiger partial charge on any atom is 0.324 e. The van der Waals surface area contributed by atoms with Gasteiger partial charge in [-0.05, 0) is 38.2 Å². The number of carbonyl (C=O) groups is 2. The second kappa shape index (κ2) is 8.95. The number of nitrogens with zero attached hydrogens (tertiary/aromatic N) is 4. The van der Waals surface area contributed by atoms with Gasteiger partial charge >= 0.3 is 6.03 Å². The summed E-state index contributed by atoms with van der Waals surface area (Å²) in [5.41, 5.74) is 8.58. The molecule has 7 nitrogen and oxygen atoms in total. The summed E-state index contributed by atoms with van der Waals surface area (Å²) in [4.78, 5) is 35.2. The number of pyridine rings is 1. The lowest BCUT2D eigenvalue weighted by atomic mass is 10.1. The fourth-order valence-corrected chi connectivity index (χ4v) is 3.13. The van der Waals surface area contributed by atoms with E-state index in [1.807, 2.05) is 36.1 Å². The highest BCUT2D eigenvalue weighted by atomic mass is 16.2. The van der Waals surface area contributed by atoms with Crippen LogP contribution in [0.5, 0.6) is 0 Å². The van der Waals surface area contributed by atoms with Crippen molar-refractivity contribution in [1.29, 1.82) is 0 Å². The Hall–Kier alpha value is -2.77. The van der Waals surface area contributed by atoms with Gasteiger partial charge in [-0.1, -0.05) is 17.7 Å². The number of aromatic nitrogens is 1. The van der Waals surface area contributed by atoms with Crippen molar-refractivity contribution in [3.8, 4) is 0 Å². The fraction of sp³-hybridized carbons (Fsp3) is 0.381. The molecule has 0 spiro atoms. The molecule has 28 heavy (non-hydrogen) atoms. The van der Waals surface area contributed by atoms with E-state index in [0.717, 1.165) is 30.0 Å². The van der Waals surface area contributed by atoms with Crippen LogP contribution in [0.4, 0.5) is 10.5 Å². The van der Waals surface area contributed by atoms with Crippen molar-refractivity contribution in [2.75, 3.05) is 44.7 Å². The van der Waals surface area contributed by atoms with Gasteiger partial charge in [0.25, 0.3) is 0 Å². The first-order valence-corrected chi connectivity index (χ1v) is 9.48. The minimum Gasteiger partial charge on any atom is -0.324 e. The molecule has 1 aromatic heterocycles. The molecule has 1 aliphatic rings. The second-order valence-corrected chi connectivity index (χ2v) is 7.16. The standard InChI is InChI=1S/C21H27N5O2/c1-16-3-7-19(8-4-16)26(21(28)25-11-9-24(2)10-12-25)15-18-6-5-17(14-23-18)20(27)13-22/h3-8,14H,9-13,15,22H2,1-2H3. The van der Waals surface area contributed by atoms with Gasteiger partial charge < -0.3 is 15.5 Å². The van der Waals surface area contributed by atoms with Crippen molar-refractivity contribution in [3.05, 3.63) is 59.4 Å². The van der Waals surface area contributed by atoms with E-state index < -0.39 is 0 Å². The van der Waals surface area contributed by atoms with Gasteiger partial charge in [-0.25, -0.2) is 4.79 Å². The number of amides is 2. The molecular weight excluding hydrogens is 354 g/mol. The van der Waals surface area contributed by atoms with Crippen molar-refractivity contribution in [2.45, 2.75) is 13.5 Å². The monoisotopic (exact) mass is 381 g/mol. The zero-order valence-electron chi connectivity index (χ0n) is 16.5. The number of carbonyl (C=O) groups excluding carboxylic acids is 2. The summed E-state index contributed by atoms with van der Waals surface area (Å²) < 4.78 is 0. The van der Waals surface area contributed by atoms with Gasteiger partial charge in [-0.15, -0.1) is 0 Å². The quantitative estimate of drug-likeness (QED) is 0.800. The molecule has 0 bridgehead atoms. The van der Waals surface area contributed by atoms with Crippen LogP contribution in [0.1, 0.15) is 21.6 Å². The van der Waals surface area contributed by atoms with E-state index in [2.05, 4.69) is 16.9 Å². The molecular formula is C21H27N5O2. The van der Waals surface area contributed by atoms with E-state index in [9.17, 15) is 9.59 Å². The number of hydrogen-bond donors (Lipinski definition) is 1. The van der Waals surface area contributed by atoms with E-state index in [-0.39, 0.29) is 18.4 Å². The van der Waals surface area contributed by atoms with E-state index in [4.69, 9.17) is 5.73 Å². The van der Waals surface area contributed by atoms with Crippen LogP contribution in [0.3, 0.4) is 0 Å². The summed E-state index contributed by atoms with van der Waals surface area (Å²) in [6.07, 6.45) is 1.53. The Bertz CT molecular complexity index is 812. The van der Waals surface area contributed by atoms with Gasteiger partial charge in [-0.3, -0.25) is 14.7 Å². The lowest BCUT2D eigenvalue weighted by Crippen LogP contribution is -2.52. The first-order valence-electron chi connectivity index (χ1n) is 9.48. The van der Waals surface area contributed by atoms with Crippen LogP contribution >= 0.6 is 0 Å². The number of aryl methyl sites for hydroxylation is 1. The molecule has 7 heteroatoms. The molecule has 1 saturated heterocycles. The Morgan fingerprint density at radius 3 is 2.32 bits per heavy atom. The highest BCUT2D eigenvalue weighted by molar-refractivity contribution is 5.97. The van der Waals surface area contributed by atoms with Gasteiger partial charge in [-0.2, -0.15) is 0 Å². The third-order valence-corrected chi connectivity index (χ3v) is 5.00. The van der Waals surface area contributed by atoms with Gasteiger partial charge in [0.15, 0.2) is 5.78 Å². The summed E-state index contributed by atoms with van der Waals surface area (Å²) in [5.74, 6) is -0.150.